The summed E-state index contributed by atoms with van der Waals surface area (Å²) in [4.78, 5) is 23.8. The molecule has 1 fully saturated rings. The molecule has 3 atom stereocenters. The zero-order valence-electron chi connectivity index (χ0n) is 12.8. The van der Waals surface area contributed by atoms with E-state index in [0.29, 0.717) is 17.4 Å². The SMILES string of the molecule is C[C@H](NC(=O)c1ccn(C)c(=O)c1)[C@@H]1C[C@@H]1c1ccccc1. The van der Waals surface area contributed by atoms with E-state index in [1.807, 2.05) is 25.1 Å². The lowest BCUT2D eigenvalue weighted by Gasteiger charge is -2.14. The molecule has 0 saturated heterocycles. The second-order valence-corrected chi connectivity index (χ2v) is 6.04. The number of hydrogen-bond acceptors (Lipinski definition) is 2. The van der Waals surface area contributed by atoms with Crippen LogP contribution in [0.2, 0.25) is 0 Å². The Kier molecular flexibility index (Phi) is 3.84. The van der Waals surface area contributed by atoms with Gasteiger partial charge in [-0.05, 0) is 36.8 Å². The number of benzene rings is 1. The van der Waals surface area contributed by atoms with Crippen molar-refractivity contribution in [3.63, 3.8) is 0 Å². The van der Waals surface area contributed by atoms with Crippen LogP contribution in [0.3, 0.4) is 0 Å². The minimum Gasteiger partial charge on any atom is -0.349 e. The van der Waals surface area contributed by atoms with E-state index in [0.717, 1.165) is 6.42 Å². The van der Waals surface area contributed by atoms with Crippen LogP contribution in [-0.4, -0.2) is 16.5 Å². The molecule has 4 heteroatoms. The molecule has 1 aromatic carbocycles. The molecule has 1 aliphatic carbocycles. The van der Waals surface area contributed by atoms with Crippen LogP contribution in [0.5, 0.6) is 0 Å². The molecule has 1 amide bonds. The molecule has 1 saturated carbocycles. The van der Waals surface area contributed by atoms with E-state index < -0.39 is 0 Å². The van der Waals surface area contributed by atoms with Crippen LogP contribution in [0.15, 0.2) is 53.5 Å². The minimum atomic E-state index is -0.177. The molecule has 2 aromatic rings. The Hall–Kier alpha value is -2.36. The number of carbonyl (C=O) groups excluding carboxylic acids is 1. The number of aryl methyl sites for hydroxylation is 1. The van der Waals surface area contributed by atoms with Crippen molar-refractivity contribution >= 4 is 5.91 Å². The fourth-order valence-electron chi connectivity index (χ4n) is 2.94. The van der Waals surface area contributed by atoms with E-state index >= 15 is 0 Å². The number of amides is 1. The van der Waals surface area contributed by atoms with Gasteiger partial charge in [-0.3, -0.25) is 9.59 Å². The van der Waals surface area contributed by atoms with Gasteiger partial charge < -0.3 is 9.88 Å². The van der Waals surface area contributed by atoms with Crippen LogP contribution in [-0.2, 0) is 7.05 Å². The molecule has 1 aliphatic rings. The van der Waals surface area contributed by atoms with Crippen molar-refractivity contribution in [2.75, 3.05) is 0 Å². The zero-order valence-corrected chi connectivity index (χ0v) is 12.8. The summed E-state index contributed by atoms with van der Waals surface area (Å²) in [5, 5.41) is 3.02. The van der Waals surface area contributed by atoms with Gasteiger partial charge in [-0.1, -0.05) is 30.3 Å². The van der Waals surface area contributed by atoms with Gasteiger partial charge in [0.2, 0.25) is 0 Å². The fourth-order valence-corrected chi connectivity index (χ4v) is 2.94. The Bertz CT molecular complexity index is 736. The van der Waals surface area contributed by atoms with Gasteiger partial charge in [0.25, 0.3) is 11.5 Å². The molecule has 1 N–H and O–H groups in total. The van der Waals surface area contributed by atoms with Crippen LogP contribution in [0, 0.1) is 5.92 Å². The Labute approximate surface area is 129 Å². The van der Waals surface area contributed by atoms with Crippen LogP contribution >= 0.6 is 0 Å². The number of hydrogen-bond donors (Lipinski definition) is 1. The molecule has 3 rings (SSSR count). The number of carbonyl (C=O) groups is 1. The van der Waals surface area contributed by atoms with Crippen LogP contribution in [0.25, 0.3) is 0 Å². The number of nitrogens with one attached hydrogen (secondary N) is 1. The summed E-state index contributed by atoms with van der Waals surface area (Å²) < 4.78 is 1.45. The average molecular weight is 296 g/mol. The largest absolute Gasteiger partial charge is 0.349 e. The minimum absolute atomic E-state index is 0.0989. The first-order valence-electron chi connectivity index (χ1n) is 7.59. The van der Waals surface area contributed by atoms with E-state index in [-0.39, 0.29) is 17.5 Å². The van der Waals surface area contributed by atoms with Gasteiger partial charge in [0.05, 0.1) is 0 Å². The smallest absolute Gasteiger partial charge is 0.251 e. The molecule has 0 aliphatic heterocycles. The zero-order chi connectivity index (χ0) is 15.7. The van der Waals surface area contributed by atoms with E-state index in [2.05, 4.69) is 17.4 Å². The third kappa shape index (κ3) is 2.96. The highest BCUT2D eigenvalue weighted by Gasteiger charge is 2.42. The van der Waals surface area contributed by atoms with Gasteiger partial charge in [0, 0.05) is 30.9 Å². The molecular weight excluding hydrogens is 276 g/mol. The Morgan fingerprint density at radius 1 is 1.27 bits per heavy atom. The first-order chi connectivity index (χ1) is 10.6. The second-order valence-electron chi connectivity index (χ2n) is 6.04. The van der Waals surface area contributed by atoms with Gasteiger partial charge in [0.1, 0.15) is 0 Å². The van der Waals surface area contributed by atoms with Crippen molar-refractivity contribution in [2.45, 2.75) is 25.3 Å². The second kappa shape index (κ2) is 5.79. The van der Waals surface area contributed by atoms with E-state index in [1.54, 1.807) is 19.3 Å². The van der Waals surface area contributed by atoms with Crippen molar-refractivity contribution in [1.82, 2.24) is 9.88 Å². The molecule has 114 valence electrons. The van der Waals surface area contributed by atoms with Crippen molar-refractivity contribution < 1.29 is 4.79 Å². The van der Waals surface area contributed by atoms with Gasteiger partial charge >= 0.3 is 0 Å². The lowest BCUT2D eigenvalue weighted by Crippen LogP contribution is -2.35. The Morgan fingerprint density at radius 3 is 2.68 bits per heavy atom. The summed E-state index contributed by atoms with van der Waals surface area (Å²) in [5.74, 6) is 0.821. The third-order valence-electron chi connectivity index (χ3n) is 4.44. The van der Waals surface area contributed by atoms with Gasteiger partial charge in [-0.25, -0.2) is 0 Å². The monoisotopic (exact) mass is 296 g/mol. The number of nitrogens with zero attached hydrogens (tertiary/aromatic N) is 1. The first-order valence-corrected chi connectivity index (χ1v) is 7.59. The molecule has 0 spiro atoms. The highest BCUT2D eigenvalue weighted by atomic mass is 16.2. The van der Waals surface area contributed by atoms with E-state index in [9.17, 15) is 9.59 Å². The number of pyridine rings is 1. The normalized spacial score (nSPS) is 21.2. The quantitative estimate of drug-likeness (QED) is 0.941. The molecule has 1 heterocycles. The lowest BCUT2D eigenvalue weighted by molar-refractivity contribution is 0.0935. The molecule has 22 heavy (non-hydrogen) atoms. The molecule has 0 radical (unpaired) electrons. The summed E-state index contributed by atoms with van der Waals surface area (Å²) in [7, 11) is 1.67. The summed E-state index contributed by atoms with van der Waals surface area (Å²) in [5.41, 5.74) is 1.59. The molecular formula is C18H20N2O2. The van der Waals surface area contributed by atoms with E-state index in [4.69, 9.17) is 0 Å². The Balaban J connectivity index is 1.63. The molecule has 0 bridgehead atoms. The summed E-state index contributed by atoms with van der Waals surface area (Å²) in [6, 6.07) is 13.5. The maximum absolute atomic E-state index is 12.2. The maximum Gasteiger partial charge on any atom is 0.251 e. The van der Waals surface area contributed by atoms with Crippen LogP contribution in [0.1, 0.15) is 35.2 Å². The van der Waals surface area contributed by atoms with Crippen LogP contribution in [0.4, 0.5) is 0 Å². The average Bonchev–Trinajstić information content (AvgIpc) is 3.31. The van der Waals surface area contributed by atoms with Crippen LogP contribution < -0.4 is 10.9 Å². The maximum atomic E-state index is 12.2. The summed E-state index contributed by atoms with van der Waals surface area (Å²) in [6.45, 7) is 2.03. The van der Waals surface area contributed by atoms with Crippen molar-refractivity contribution in [1.29, 1.82) is 0 Å². The predicted octanol–water partition coefficient (Wildman–Crippen LogP) is 2.31. The number of aromatic nitrogens is 1. The molecule has 4 nitrogen and oxygen atoms in total. The standard InChI is InChI=1S/C18H20N2O2/c1-12(15-11-16(15)13-6-4-3-5-7-13)19-18(22)14-8-9-20(2)17(21)10-14/h3-10,12,15-16H,11H2,1-2H3,(H,19,22)/t12-,15-,16+/m0/s1. The van der Waals surface area contributed by atoms with Gasteiger partial charge in [0.15, 0.2) is 0 Å². The van der Waals surface area contributed by atoms with Crippen molar-refractivity contribution in [3.8, 4) is 0 Å². The predicted molar refractivity (Wildman–Crippen MR) is 85.9 cm³/mol. The van der Waals surface area contributed by atoms with Crippen molar-refractivity contribution in [2.24, 2.45) is 13.0 Å². The van der Waals surface area contributed by atoms with Crippen molar-refractivity contribution in [3.05, 3.63) is 70.1 Å². The van der Waals surface area contributed by atoms with Gasteiger partial charge in [-0.2, -0.15) is 0 Å². The summed E-state index contributed by atoms with van der Waals surface area (Å²) in [6.07, 6.45) is 2.72. The topological polar surface area (TPSA) is 51.1 Å². The summed E-state index contributed by atoms with van der Waals surface area (Å²) >= 11 is 0. The van der Waals surface area contributed by atoms with E-state index in [1.165, 1.54) is 16.2 Å². The first kappa shape index (κ1) is 14.6. The highest BCUT2D eigenvalue weighted by Crippen LogP contribution is 2.49. The van der Waals surface area contributed by atoms with Gasteiger partial charge in [-0.15, -0.1) is 0 Å². The highest BCUT2D eigenvalue weighted by molar-refractivity contribution is 5.94. The number of rotatable bonds is 4. The molecule has 1 aromatic heterocycles. The fraction of sp³-hybridized carbons (Fsp3) is 0.333. The Morgan fingerprint density at radius 2 is 2.00 bits per heavy atom. The molecule has 0 unspecified atom stereocenters. The third-order valence-corrected chi connectivity index (χ3v) is 4.44. The lowest BCUT2D eigenvalue weighted by atomic mass is 10.1.